The van der Waals surface area contributed by atoms with Crippen LogP contribution in [-0.4, -0.2) is 69.0 Å². The molecular weight excluding hydrogens is 422 g/mol. The van der Waals surface area contributed by atoms with Gasteiger partial charge in [0.05, 0.1) is 24.4 Å². The fourth-order valence-electron chi connectivity index (χ4n) is 3.14. The monoisotopic (exact) mass is 443 g/mol. The number of hydrogen-bond donors (Lipinski definition) is 4. The van der Waals surface area contributed by atoms with E-state index in [-0.39, 0.29) is 6.61 Å². The van der Waals surface area contributed by atoms with Gasteiger partial charge in [-0.25, -0.2) is 9.78 Å². The molecule has 0 spiro atoms. The highest BCUT2D eigenvalue weighted by Gasteiger charge is 2.44. The van der Waals surface area contributed by atoms with E-state index < -0.39 is 43.1 Å². The molecule has 1 aromatic carbocycles. The number of hydrogen-bond acceptors (Lipinski definition) is 9. The number of rotatable bonds is 6. The lowest BCUT2D eigenvalue weighted by molar-refractivity contribution is -0.231. The molecule has 0 bridgehead atoms. The lowest BCUT2D eigenvalue weighted by Crippen LogP contribution is -2.55. The molecule has 1 aliphatic heterocycles. The summed E-state index contributed by atoms with van der Waals surface area (Å²) in [7, 11) is 0. The van der Waals surface area contributed by atoms with Crippen molar-refractivity contribution in [1.82, 2.24) is 4.98 Å². The molecule has 10 heteroatoms. The smallest absolute Gasteiger partial charge is 0.349 e. The van der Waals surface area contributed by atoms with Gasteiger partial charge in [0, 0.05) is 11.4 Å². The Morgan fingerprint density at radius 1 is 1.28 bits per heavy atom. The number of carbonyl (C=O) groups excluding carboxylic acids is 1. The number of carbonyl (C=O) groups is 1. The van der Waals surface area contributed by atoms with E-state index in [1.807, 2.05) is 0 Å². The van der Waals surface area contributed by atoms with Gasteiger partial charge >= 0.3 is 5.97 Å². The van der Waals surface area contributed by atoms with Gasteiger partial charge in [0.25, 0.3) is 0 Å². The van der Waals surface area contributed by atoms with E-state index in [4.69, 9.17) is 21.1 Å². The van der Waals surface area contributed by atoms with Crippen molar-refractivity contribution in [2.75, 3.05) is 13.2 Å². The van der Waals surface area contributed by atoms with Gasteiger partial charge in [-0.3, -0.25) is 0 Å². The zero-order valence-electron chi connectivity index (χ0n) is 15.6. The van der Waals surface area contributed by atoms with Crippen LogP contribution in [0.4, 0.5) is 0 Å². The van der Waals surface area contributed by atoms with Crippen LogP contribution in [0.2, 0.25) is 5.02 Å². The van der Waals surface area contributed by atoms with Crippen molar-refractivity contribution < 1.29 is 34.7 Å². The van der Waals surface area contributed by atoms with Crippen molar-refractivity contribution in [3.8, 4) is 0 Å². The van der Waals surface area contributed by atoms with Crippen LogP contribution in [0.1, 0.15) is 38.8 Å². The van der Waals surface area contributed by atoms with Gasteiger partial charge in [0.15, 0.2) is 0 Å². The minimum absolute atomic E-state index is 0.277. The number of thiazole rings is 1. The number of benzene rings is 1. The Morgan fingerprint density at radius 2 is 2.03 bits per heavy atom. The summed E-state index contributed by atoms with van der Waals surface area (Å²) in [6.07, 6.45) is -4.42. The summed E-state index contributed by atoms with van der Waals surface area (Å²) in [5.41, 5.74) is 1.22. The molecule has 3 rings (SSSR count). The number of aromatic nitrogens is 1. The molecule has 2 heterocycles. The summed E-state index contributed by atoms with van der Waals surface area (Å²) in [4.78, 5) is 16.4. The molecule has 8 nitrogen and oxygen atoms in total. The third-order valence-electron chi connectivity index (χ3n) is 4.66. The molecule has 0 saturated carbocycles. The van der Waals surface area contributed by atoms with Crippen molar-refractivity contribution in [2.24, 2.45) is 0 Å². The van der Waals surface area contributed by atoms with Gasteiger partial charge in [-0.05, 0) is 24.1 Å². The Bertz CT molecular complexity index is 859. The maximum Gasteiger partial charge on any atom is 0.349 e. The zero-order chi connectivity index (χ0) is 21.1. The van der Waals surface area contributed by atoms with E-state index in [1.165, 1.54) is 17.5 Å². The molecule has 1 aliphatic rings. The fraction of sp³-hybridized carbons (Fsp3) is 0.474. The molecule has 1 fully saturated rings. The molecule has 29 heavy (non-hydrogen) atoms. The Balaban J connectivity index is 1.82. The third kappa shape index (κ3) is 4.77. The van der Waals surface area contributed by atoms with Crippen molar-refractivity contribution >= 4 is 28.9 Å². The van der Waals surface area contributed by atoms with Crippen LogP contribution in [-0.2, 0) is 15.9 Å². The van der Waals surface area contributed by atoms with E-state index in [0.717, 1.165) is 0 Å². The van der Waals surface area contributed by atoms with E-state index in [2.05, 4.69) is 4.98 Å². The molecule has 0 amide bonds. The first-order chi connectivity index (χ1) is 13.8. The molecule has 0 unspecified atom stereocenters. The number of halogens is 1. The van der Waals surface area contributed by atoms with Crippen LogP contribution < -0.4 is 0 Å². The van der Waals surface area contributed by atoms with Gasteiger partial charge in [-0.2, -0.15) is 0 Å². The highest BCUT2D eigenvalue weighted by molar-refractivity contribution is 7.13. The number of aliphatic hydroxyl groups is 4. The molecule has 0 aliphatic carbocycles. The first kappa shape index (κ1) is 22.1. The average molecular weight is 444 g/mol. The lowest BCUT2D eigenvalue weighted by atomic mass is 9.90. The van der Waals surface area contributed by atoms with Crippen LogP contribution in [0.25, 0.3) is 0 Å². The highest BCUT2D eigenvalue weighted by atomic mass is 35.5. The van der Waals surface area contributed by atoms with Crippen LogP contribution in [0.5, 0.6) is 0 Å². The average Bonchev–Trinajstić information content (AvgIpc) is 3.17. The quantitative estimate of drug-likeness (QED) is 0.488. The lowest BCUT2D eigenvalue weighted by Gasteiger charge is -2.40. The van der Waals surface area contributed by atoms with Crippen LogP contribution in [0.3, 0.4) is 0 Å². The van der Waals surface area contributed by atoms with Gasteiger partial charge < -0.3 is 29.9 Å². The van der Waals surface area contributed by atoms with Crippen molar-refractivity contribution in [1.29, 1.82) is 0 Å². The van der Waals surface area contributed by atoms with E-state index in [9.17, 15) is 25.2 Å². The Labute approximate surface area is 176 Å². The standard InChI is InChI=1S/C19H22ClNO7S/c1-2-27-19(26)13-7-21-14(29-13)6-10-5-9(3-4-11(10)20)18-17(25)16(24)15(23)12(8-22)28-18/h3-5,7,12,15-18,22-25H,2,6,8H2,1H3/t12-,15-,16+,17+,18+/m1/s1. The third-order valence-corrected chi connectivity index (χ3v) is 6.01. The molecule has 2 aromatic rings. The summed E-state index contributed by atoms with van der Waals surface area (Å²) in [5, 5.41) is 40.8. The first-order valence-electron chi connectivity index (χ1n) is 9.06. The maximum atomic E-state index is 11.8. The summed E-state index contributed by atoms with van der Waals surface area (Å²) in [5.74, 6) is -0.433. The van der Waals surface area contributed by atoms with Crippen LogP contribution >= 0.6 is 22.9 Å². The zero-order valence-corrected chi connectivity index (χ0v) is 17.1. The van der Waals surface area contributed by atoms with E-state index in [1.54, 1.807) is 25.1 Å². The predicted molar refractivity (Wildman–Crippen MR) is 105 cm³/mol. The van der Waals surface area contributed by atoms with E-state index >= 15 is 0 Å². The summed E-state index contributed by atoms with van der Waals surface area (Å²) in [6.45, 7) is 1.50. The van der Waals surface area contributed by atoms with Crippen LogP contribution in [0, 0.1) is 0 Å². The minimum atomic E-state index is -1.46. The van der Waals surface area contributed by atoms with Gasteiger partial charge in [-0.15, -0.1) is 11.3 Å². The number of ether oxygens (including phenoxy) is 2. The second-order valence-corrected chi connectivity index (χ2v) is 8.14. The molecule has 1 aromatic heterocycles. The van der Waals surface area contributed by atoms with Crippen molar-refractivity contribution in [2.45, 2.75) is 43.9 Å². The summed E-state index contributed by atoms with van der Waals surface area (Å²) >= 11 is 7.50. The largest absolute Gasteiger partial charge is 0.462 e. The molecule has 1 saturated heterocycles. The molecular formula is C19H22ClNO7S. The normalized spacial score (nSPS) is 27.0. The highest BCUT2D eigenvalue weighted by Crippen LogP contribution is 2.34. The number of aliphatic hydroxyl groups excluding tert-OH is 4. The second-order valence-electron chi connectivity index (χ2n) is 6.62. The SMILES string of the molecule is CCOC(=O)c1cnc(Cc2cc([C@@H]3O[C@H](CO)[C@@H](O)[C@H](O)[C@@H]3O)ccc2Cl)s1. The van der Waals surface area contributed by atoms with Gasteiger partial charge in [0.1, 0.15) is 35.4 Å². The Kier molecular flexibility index (Phi) is 7.23. The Hall–Kier alpha value is -1.59. The fourth-order valence-corrected chi connectivity index (χ4v) is 4.15. The first-order valence-corrected chi connectivity index (χ1v) is 10.3. The molecule has 158 valence electrons. The van der Waals surface area contributed by atoms with Crippen molar-refractivity contribution in [3.05, 3.63) is 50.4 Å². The van der Waals surface area contributed by atoms with Gasteiger partial charge in [-0.1, -0.05) is 23.7 Å². The topological polar surface area (TPSA) is 129 Å². The summed E-state index contributed by atoms with van der Waals surface area (Å²) in [6, 6.07) is 4.98. The second kappa shape index (κ2) is 9.48. The molecule has 4 N–H and O–H groups in total. The predicted octanol–water partition coefficient (Wildman–Crippen LogP) is 1.08. The number of esters is 1. The summed E-state index contributed by atoms with van der Waals surface area (Å²) < 4.78 is 10.6. The van der Waals surface area contributed by atoms with E-state index in [0.29, 0.717) is 32.5 Å². The van der Waals surface area contributed by atoms with Gasteiger partial charge in [0.2, 0.25) is 0 Å². The van der Waals surface area contributed by atoms with Crippen molar-refractivity contribution in [3.63, 3.8) is 0 Å². The molecule has 0 radical (unpaired) electrons. The minimum Gasteiger partial charge on any atom is -0.462 e. The van der Waals surface area contributed by atoms with Crippen LogP contribution in [0.15, 0.2) is 24.4 Å². The Morgan fingerprint density at radius 3 is 2.72 bits per heavy atom. The number of nitrogens with zero attached hydrogens (tertiary/aromatic N) is 1. The maximum absolute atomic E-state index is 11.8. The molecule has 5 atom stereocenters.